The van der Waals surface area contributed by atoms with Gasteiger partial charge in [-0.25, -0.2) is 15.4 Å². The maximum atomic E-state index is 15.4. The molecular formula is C36H45F2K2N2O2-3. The number of aliphatic hydroxyl groups excluding tert-OH is 1. The normalized spacial score (nSPS) is 9.07. The fourth-order valence-corrected chi connectivity index (χ4v) is 3.76. The van der Waals surface area contributed by atoms with Crippen molar-refractivity contribution in [2.24, 2.45) is 0 Å². The van der Waals surface area contributed by atoms with Crippen LogP contribution in [-0.4, -0.2) is 42.2 Å². The minimum Gasteiger partial charge on any atom is -0.519 e. The van der Waals surface area contributed by atoms with E-state index in [4.69, 9.17) is 17.1 Å². The van der Waals surface area contributed by atoms with Crippen LogP contribution in [0.4, 0.5) is 8.78 Å². The van der Waals surface area contributed by atoms with E-state index in [1.807, 2.05) is 64.1 Å². The number of allylic oxidation sites excluding steroid dienone is 2. The van der Waals surface area contributed by atoms with Gasteiger partial charge in [0.25, 0.3) is 0 Å². The minimum atomic E-state index is -0.359. The summed E-state index contributed by atoms with van der Waals surface area (Å²) in [6.07, 6.45) is 4.90. The third kappa shape index (κ3) is 16.9. The first-order chi connectivity index (χ1) is 19.6. The number of halogens is 2. The molecule has 0 bridgehead atoms. The zero-order chi connectivity index (χ0) is 31.5. The number of hydrogen-bond acceptors (Lipinski definition) is 4. The van der Waals surface area contributed by atoms with E-state index in [1.54, 1.807) is 31.2 Å². The van der Waals surface area contributed by atoms with E-state index in [0.717, 1.165) is 16.7 Å². The molecule has 230 valence electrons. The van der Waals surface area contributed by atoms with Gasteiger partial charge in [-0.3, -0.25) is 4.90 Å². The van der Waals surface area contributed by atoms with Crippen molar-refractivity contribution in [1.29, 1.82) is 5.41 Å². The predicted octanol–water partition coefficient (Wildman–Crippen LogP) is 2.34. The van der Waals surface area contributed by atoms with Crippen LogP contribution in [-0.2, 0) is 17.8 Å². The topological polar surface area (TPSA) is 64.4 Å². The molecule has 0 spiro atoms. The first-order valence-electron chi connectivity index (χ1n) is 13.4. The number of Topliss-reactive ketones (excluding diaryl/α,β-unsaturated/α-hetero) is 1. The van der Waals surface area contributed by atoms with Crippen LogP contribution in [0.3, 0.4) is 0 Å². The van der Waals surface area contributed by atoms with Crippen molar-refractivity contribution < 1.29 is 121 Å². The average Bonchev–Trinajstić information content (AvgIpc) is 2.96. The van der Waals surface area contributed by atoms with Gasteiger partial charge >= 0.3 is 103 Å². The third-order valence-electron chi connectivity index (χ3n) is 5.81. The van der Waals surface area contributed by atoms with Crippen molar-refractivity contribution in [2.75, 3.05) is 20.2 Å². The summed E-state index contributed by atoms with van der Waals surface area (Å²) in [5, 5.41) is 15.1. The fourth-order valence-electron chi connectivity index (χ4n) is 3.76. The van der Waals surface area contributed by atoms with Gasteiger partial charge in [0, 0.05) is 24.2 Å². The van der Waals surface area contributed by atoms with Crippen LogP contribution in [0.5, 0.6) is 0 Å². The van der Waals surface area contributed by atoms with Gasteiger partial charge in [-0.15, -0.1) is 5.56 Å². The summed E-state index contributed by atoms with van der Waals surface area (Å²) in [5.41, 5.74) is 4.59. The molecule has 0 aliphatic rings. The maximum absolute atomic E-state index is 15.4. The Morgan fingerprint density at radius 1 is 1.11 bits per heavy atom. The van der Waals surface area contributed by atoms with Gasteiger partial charge in [-0.05, 0) is 36.2 Å². The van der Waals surface area contributed by atoms with E-state index < -0.39 is 0 Å². The summed E-state index contributed by atoms with van der Waals surface area (Å²) in [5.74, 6) is -0.894. The average molecular weight is 654 g/mol. The molecule has 2 N–H and O–H groups in total. The van der Waals surface area contributed by atoms with Crippen molar-refractivity contribution in [2.45, 2.75) is 54.5 Å². The van der Waals surface area contributed by atoms with Gasteiger partial charge in [-0.2, -0.15) is 36.8 Å². The number of aliphatic hydroxyl groups is 1. The van der Waals surface area contributed by atoms with Crippen LogP contribution < -0.4 is 103 Å². The number of carbonyl (C=O) groups is 1. The van der Waals surface area contributed by atoms with Crippen molar-refractivity contribution in [3.63, 3.8) is 0 Å². The van der Waals surface area contributed by atoms with Crippen LogP contribution in [0.15, 0.2) is 60.7 Å². The van der Waals surface area contributed by atoms with Crippen molar-refractivity contribution in [3.05, 3.63) is 115 Å². The molecule has 0 unspecified atom stereocenters. The van der Waals surface area contributed by atoms with Crippen molar-refractivity contribution >= 4 is 12.0 Å². The van der Waals surface area contributed by atoms with Gasteiger partial charge in [0.15, 0.2) is 0 Å². The molecule has 0 atom stereocenters. The Morgan fingerprint density at radius 3 is 2.11 bits per heavy atom. The molecule has 3 rings (SSSR count). The van der Waals surface area contributed by atoms with Crippen LogP contribution in [0.25, 0.3) is 22.3 Å². The van der Waals surface area contributed by atoms with Crippen molar-refractivity contribution in [1.82, 2.24) is 4.90 Å². The Labute approximate surface area is 350 Å². The molecule has 3 aromatic carbocycles. The molecule has 0 aliphatic carbocycles. The molecule has 0 radical (unpaired) electrons. The molecule has 44 heavy (non-hydrogen) atoms. The van der Waals surface area contributed by atoms with Gasteiger partial charge in [0.1, 0.15) is 11.6 Å². The molecule has 0 amide bonds. The SMILES string of the molecule is CC.CCc1cc(-c2cccc(-c3ccc[c-]c3C)c2F)cc(F)c1CN(C)CCO.C[C-]=N.[CH-]=C([C-]=C)C(C)=O.[CH3-].[K+].[K+]. The fraction of sp³-hybridized carbons (Fsp3) is 0.306. The Balaban J connectivity index is -0.000000460. The van der Waals surface area contributed by atoms with Crippen LogP contribution in [0.2, 0.25) is 0 Å². The van der Waals surface area contributed by atoms with E-state index in [0.29, 0.717) is 41.8 Å². The van der Waals surface area contributed by atoms with Crippen molar-refractivity contribution in [3.8, 4) is 22.3 Å². The second-order valence-electron chi connectivity index (χ2n) is 8.68. The first-order valence-corrected chi connectivity index (χ1v) is 13.4. The third-order valence-corrected chi connectivity index (χ3v) is 5.81. The zero-order valence-corrected chi connectivity index (χ0v) is 34.5. The summed E-state index contributed by atoms with van der Waals surface area (Å²) in [4.78, 5) is 12.0. The number of nitrogens with zero attached hydrogens (tertiary/aromatic N) is 1. The van der Waals surface area contributed by atoms with Crippen LogP contribution in [0.1, 0.15) is 51.3 Å². The summed E-state index contributed by atoms with van der Waals surface area (Å²) >= 11 is 0. The van der Waals surface area contributed by atoms with Gasteiger partial charge in [0.2, 0.25) is 0 Å². The molecule has 0 saturated heterocycles. The van der Waals surface area contributed by atoms with E-state index in [-0.39, 0.29) is 140 Å². The number of nitrogens with one attached hydrogen (secondary N) is 1. The molecule has 0 aromatic heterocycles. The smallest absolute Gasteiger partial charge is 0.519 e. The van der Waals surface area contributed by atoms with Gasteiger partial charge < -0.3 is 47.2 Å². The standard InChI is InChI=1S/C25H26F2NO.C6H6O.C2H4N.C2H6.CH3.2K/c1-4-18-14-19(15-24(26)23(18)16-28(3)12-13-29)21-10-7-11-22(25(21)27)20-9-6-5-8-17(20)2;1-4-5(2)6(3)7;1-2-3;1-2;;;/h5-7,9-11,14-15,29H,4,12-13,16H2,1-3H3;2H,1H2,3H3;3H,1H3;1-2H3;1H3;;/q-1;-2;-1;;-1;2*+1. The Morgan fingerprint density at radius 2 is 1.66 bits per heavy atom. The van der Waals surface area contributed by atoms with E-state index in [1.165, 1.54) is 13.0 Å². The molecule has 0 saturated carbocycles. The summed E-state index contributed by atoms with van der Waals surface area (Å²) in [7, 11) is 1.84. The van der Waals surface area contributed by atoms with E-state index in [2.05, 4.69) is 18.7 Å². The quantitative estimate of drug-likeness (QED) is 0.123. The number of benzene rings is 3. The Hall–Kier alpha value is -0.467. The number of carbonyl (C=O) groups excluding carboxylic acids is 1. The van der Waals surface area contributed by atoms with Gasteiger partial charge in [-0.1, -0.05) is 64.7 Å². The number of rotatable bonds is 9. The first kappa shape index (κ1) is 50.4. The summed E-state index contributed by atoms with van der Waals surface area (Å²) in [6, 6.07) is 17.1. The molecular weight excluding hydrogens is 609 g/mol. The minimum absolute atomic E-state index is 0. The maximum Gasteiger partial charge on any atom is 1.00 e. The van der Waals surface area contributed by atoms with Gasteiger partial charge in [0.05, 0.1) is 6.61 Å². The molecule has 0 heterocycles. The monoisotopic (exact) mass is 653 g/mol. The van der Waals surface area contributed by atoms with Crippen LogP contribution in [0, 0.1) is 50.1 Å². The largest absolute Gasteiger partial charge is 1.00 e. The van der Waals surface area contributed by atoms with E-state index in [9.17, 15) is 9.18 Å². The Kier molecular flexibility index (Phi) is 32.9. The van der Waals surface area contributed by atoms with E-state index >= 15 is 4.39 Å². The zero-order valence-electron chi connectivity index (χ0n) is 28.3. The Bertz CT molecular complexity index is 1300. The summed E-state index contributed by atoms with van der Waals surface area (Å²) < 4.78 is 30.4. The predicted molar refractivity (Wildman–Crippen MR) is 172 cm³/mol. The molecule has 3 aromatic rings. The second kappa shape index (κ2) is 28.7. The number of hydrogen-bond donors (Lipinski definition) is 2. The van der Waals surface area contributed by atoms with Crippen LogP contribution >= 0.6 is 0 Å². The number of likely N-dealkylation sites (N-methyl/N-ethyl adjacent to an activating group) is 1. The molecule has 8 heteroatoms. The molecule has 4 nitrogen and oxygen atoms in total. The molecule has 0 aliphatic heterocycles. The summed E-state index contributed by atoms with van der Waals surface area (Å²) in [6.45, 7) is 19.8. The molecule has 0 fully saturated rings. The number of aryl methyl sites for hydroxylation is 2. The second-order valence-corrected chi connectivity index (χ2v) is 8.68. The number of ketones is 1.